The van der Waals surface area contributed by atoms with Gasteiger partial charge in [-0.2, -0.15) is 0 Å². The van der Waals surface area contributed by atoms with Crippen molar-refractivity contribution in [1.29, 1.82) is 0 Å². The van der Waals surface area contributed by atoms with Crippen molar-refractivity contribution in [1.82, 2.24) is 0 Å². The molecule has 2 aliphatic carbocycles. The van der Waals surface area contributed by atoms with Gasteiger partial charge in [-0.1, -0.05) is 24.3 Å². The third-order valence-electron chi connectivity index (χ3n) is 7.54. The predicted octanol–water partition coefficient (Wildman–Crippen LogP) is 2.52. The van der Waals surface area contributed by atoms with Gasteiger partial charge in [0.1, 0.15) is 12.2 Å². The Bertz CT molecular complexity index is 1320. The number of hydrogen-bond donors (Lipinski definition) is 1. The van der Waals surface area contributed by atoms with Crippen LogP contribution in [0, 0.1) is 0 Å². The van der Waals surface area contributed by atoms with Crippen molar-refractivity contribution in [2.75, 3.05) is 27.4 Å². The number of esters is 1. The van der Waals surface area contributed by atoms with Gasteiger partial charge in [0.15, 0.2) is 23.1 Å². The molecule has 9 nitrogen and oxygen atoms in total. The molecule has 5 rings (SSSR count). The van der Waals surface area contributed by atoms with Crippen LogP contribution in [0.2, 0.25) is 0 Å². The van der Waals surface area contributed by atoms with E-state index in [2.05, 4.69) is 0 Å². The molecule has 0 aromatic heterocycles. The molecule has 1 heterocycles. The fourth-order valence-corrected chi connectivity index (χ4v) is 5.97. The monoisotopic (exact) mass is 508 g/mol. The minimum Gasteiger partial charge on any atom is -0.496 e. The maximum absolute atomic E-state index is 13.7. The highest BCUT2D eigenvalue weighted by atomic mass is 16.7. The summed E-state index contributed by atoms with van der Waals surface area (Å²) in [5.74, 6) is -4.40. The molecular weight excluding hydrogens is 480 g/mol. The summed E-state index contributed by atoms with van der Waals surface area (Å²) in [6, 6.07) is 8.16. The van der Waals surface area contributed by atoms with Crippen LogP contribution < -0.4 is 4.74 Å². The van der Waals surface area contributed by atoms with Crippen molar-refractivity contribution in [2.45, 2.75) is 49.9 Å². The van der Waals surface area contributed by atoms with Gasteiger partial charge < -0.3 is 24.1 Å². The predicted molar refractivity (Wildman–Crippen MR) is 129 cm³/mol. The smallest absolute Gasteiger partial charge is 0.313 e. The Kier molecular flexibility index (Phi) is 6.26. The lowest BCUT2D eigenvalue weighted by Crippen LogP contribution is -2.50. The van der Waals surface area contributed by atoms with Gasteiger partial charge >= 0.3 is 5.97 Å². The quantitative estimate of drug-likeness (QED) is 0.395. The summed E-state index contributed by atoms with van der Waals surface area (Å²) in [5, 5.41) is 12.0. The summed E-state index contributed by atoms with van der Waals surface area (Å²) in [7, 11) is 2.53. The largest absolute Gasteiger partial charge is 0.496 e. The number of hydrogen-bond acceptors (Lipinski definition) is 9. The SMILES string of the molecule is COC(=O)CC(=O)[C@@H]1c2c(cc3c(c2OC)C(=O)c2ccccc2C3=O)CC[C@@]1(O)CC1(C)OCCO1. The molecule has 1 fully saturated rings. The Morgan fingerprint density at radius 2 is 1.70 bits per heavy atom. The molecular formula is C28H28O9. The minimum absolute atomic E-state index is 0.0460. The molecule has 0 amide bonds. The van der Waals surface area contributed by atoms with Gasteiger partial charge in [0.05, 0.1) is 44.5 Å². The molecule has 0 spiro atoms. The van der Waals surface area contributed by atoms with E-state index >= 15 is 0 Å². The van der Waals surface area contributed by atoms with Crippen LogP contribution in [0.3, 0.4) is 0 Å². The molecule has 1 saturated heterocycles. The van der Waals surface area contributed by atoms with Crippen LogP contribution >= 0.6 is 0 Å². The molecule has 2 aromatic rings. The second-order valence-electron chi connectivity index (χ2n) is 9.87. The lowest BCUT2D eigenvalue weighted by molar-refractivity contribution is -0.189. The fourth-order valence-electron chi connectivity index (χ4n) is 5.97. The van der Waals surface area contributed by atoms with Crippen LogP contribution in [0.1, 0.15) is 75.1 Å². The molecule has 0 saturated carbocycles. The van der Waals surface area contributed by atoms with E-state index in [1.807, 2.05) is 0 Å². The van der Waals surface area contributed by atoms with Crippen LogP contribution in [0.5, 0.6) is 5.75 Å². The minimum atomic E-state index is -1.68. The Hall–Kier alpha value is -3.40. The number of carbonyl (C=O) groups excluding carboxylic acids is 4. The van der Waals surface area contributed by atoms with E-state index in [-0.39, 0.29) is 41.1 Å². The highest BCUT2D eigenvalue weighted by Gasteiger charge is 2.53. The van der Waals surface area contributed by atoms with Crippen LogP contribution in [0.25, 0.3) is 0 Å². The molecule has 9 heteroatoms. The molecule has 1 N–H and O–H groups in total. The van der Waals surface area contributed by atoms with Crippen molar-refractivity contribution < 1.29 is 43.2 Å². The second kappa shape index (κ2) is 9.16. The number of carbonyl (C=O) groups is 4. The number of aliphatic hydroxyl groups is 1. The second-order valence-corrected chi connectivity index (χ2v) is 9.87. The maximum atomic E-state index is 13.7. The number of Topliss-reactive ketones (excluding diaryl/α,β-unsaturated/α-hetero) is 1. The molecule has 1 aliphatic heterocycles. The fraction of sp³-hybridized carbons (Fsp3) is 0.429. The van der Waals surface area contributed by atoms with Gasteiger partial charge in [-0.3, -0.25) is 19.2 Å². The summed E-state index contributed by atoms with van der Waals surface area (Å²) < 4.78 is 21.9. The summed E-state index contributed by atoms with van der Waals surface area (Å²) in [5.41, 5.74) is -0.00669. The first kappa shape index (κ1) is 25.3. The van der Waals surface area contributed by atoms with E-state index < -0.39 is 41.3 Å². The zero-order valence-electron chi connectivity index (χ0n) is 20.9. The van der Waals surface area contributed by atoms with E-state index in [0.717, 1.165) is 0 Å². The molecule has 3 aliphatic rings. The third-order valence-corrected chi connectivity index (χ3v) is 7.54. The lowest BCUT2D eigenvalue weighted by Gasteiger charge is -2.44. The first-order valence-corrected chi connectivity index (χ1v) is 12.1. The van der Waals surface area contributed by atoms with Crippen LogP contribution in [-0.4, -0.2) is 67.2 Å². The number of methoxy groups -OCH3 is 2. The molecule has 0 bridgehead atoms. The van der Waals surface area contributed by atoms with Crippen molar-refractivity contribution in [2.24, 2.45) is 0 Å². The topological polar surface area (TPSA) is 125 Å². The summed E-state index contributed by atoms with van der Waals surface area (Å²) in [6.45, 7) is 2.38. The van der Waals surface area contributed by atoms with E-state index in [4.69, 9.17) is 18.9 Å². The number of ketones is 3. The normalized spacial score (nSPS) is 23.6. The van der Waals surface area contributed by atoms with Gasteiger partial charge in [-0.15, -0.1) is 0 Å². The molecule has 2 aromatic carbocycles. The van der Waals surface area contributed by atoms with Gasteiger partial charge in [0.2, 0.25) is 0 Å². The van der Waals surface area contributed by atoms with Crippen LogP contribution in [0.4, 0.5) is 0 Å². The lowest BCUT2D eigenvalue weighted by atomic mass is 9.65. The standard InChI is InChI=1S/C28H28O9/c1-27(36-10-11-37-27)14-28(33)9-8-15-12-18-22(25(32)17-7-5-4-6-16(17)24(18)31)26(35-3)21(15)23(28)19(29)13-20(30)34-2/h4-7,12,23,33H,8-11,13-14H2,1-3H3/t23-,28-/m1/s1. The molecule has 0 radical (unpaired) electrons. The number of aryl methyl sites for hydroxylation is 1. The van der Waals surface area contributed by atoms with E-state index in [9.17, 15) is 24.3 Å². The molecule has 2 atom stereocenters. The van der Waals surface area contributed by atoms with Gasteiger partial charge in [0, 0.05) is 28.7 Å². The zero-order chi connectivity index (χ0) is 26.5. The van der Waals surface area contributed by atoms with Crippen molar-refractivity contribution >= 4 is 23.3 Å². The van der Waals surface area contributed by atoms with E-state index in [1.54, 1.807) is 37.3 Å². The molecule has 194 valence electrons. The highest BCUT2D eigenvalue weighted by molar-refractivity contribution is 6.29. The number of rotatable bonds is 6. The summed E-state index contributed by atoms with van der Waals surface area (Å²) >= 11 is 0. The van der Waals surface area contributed by atoms with E-state index in [0.29, 0.717) is 36.3 Å². The average Bonchev–Trinajstić information content (AvgIpc) is 3.30. The average molecular weight is 509 g/mol. The van der Waals surface area contributed by atoms with Crippen LogP contribution in [-0.2, 0) is 30.2 Å². The van der Waals surface area contributed by atoms with Crippen molar-refractivity contribution in [3.63, 3.8) is 0 Å². The molecule has 37 heavy (non-hydrogen) atoms. The van der Waals surface area contributed by atoms with E-state index in [1.165, 1.54) is 14.2 Å². The number of fused-ring (bicyclic) bond motifs is 3. The third kappa shape index (κ3) is 4.07. The first-order valence-electron chi connectivity index (χ1n) is 12.1. The van der Waals surface area contributed by atoms with Crippen molar-refractivity contribution in [3.05, 3.63) is 63.7 Å². The van der Waals surface area contributed by atoms with Gasteiger partial charge in [-0.25, -0.2) is 0 Å². The first-order chi connectivity index (χ1) is 17.6. The Morgan fingerprint density at radius 3 is 2.32 bits per heavy atom. The maximum Gasteiger partial charge on any atom is 0.313 e. The molecule has 0 unspecified atom stereocenters. The zero-order valence-corrected chi connectivity index (χ0v) is 20.9. The summed E-state index contributed by atoms with van der Waals surface area (Å²) in [6.07, 6.45) is -0.193. The number of ether oxygens (including phenoxy) is 4. The van der Waals surface area contributed by atoms with Crippen LogP contribution in [0.15, 0.2) is 30.3 Å². The number of benzene rings is 2. The Balaban J connectivity index is 1.71. The van der Waals surface area contributed by atoms with Crippen molar-refractivity contribution in [3.8, 4) is 5.75 Å². The highest BCUT2D eigenvalue weighted by Crippen LogP contribution is 2.51. The summed E-state index contributed by atoms with van der Waals surface area (Å²) in [4.78, 5) is 52.8. The van der Waals surface area contributed by atoms with Gasteiger partial charge in [0.25, 0.3) is 0 Å². The van der Waals surface area contributed by atoms with Gasteiger partial charge in [-0.05, 0) is 31.4 Å². The Morgan fingerprint density at radius 1 is 1.05 bits per heavy atom. The Labute approximate surface area is 213 Å².